The van der Waals surface area contributed by atoms with Gasteiger partial charge in [-0.3, -0.25) is 0 Å². The van der Waals surface area contributed by atoms with Crippen molar-refractivity contribution in [3.05, 3.63) is 16.6 Å². The number of aromatic hydroxyl groups is 1. The van der Waals surface area contributed by atoms with Crippen LogP contribution in [-0.2, 0) is 4.57 Å². The van der Waals surface area contributed by atoms with Gasteiger partial charge in [0.1, 0.15) is 23.2 Å². The van der Waals surface area contributed by atoms with Gasteiger partial charge in [-0.25, -0.2) is 0 Å². The van der Waals surface area contributed by atoms with E-state index in [-0.39, 0.29) is 12.1 Å². The molecule has 1 aliphatic heterocycles. The molecule has 1 aromatic carbocycles. The Hall–Kier alpha value is -0.470. The molecule has 88 valence electrons. The van der Waals surface area contributed by atoms with Crippen LogP contribution >= 0.6 is 23.1 Å². The Morgan fingerprint density at radius 1 is 1.44 bits per heavy atom. The molecule has 3 nitrogen and oxygen atoms in total. The molecule has 0 saturated heterocycles. The van der Waals surface area contributed by atoms with Crippen LogP contribution in [0.5, 0.6) is 11.5 Å². The summed E-state index contributed by atoms with van der Waals surface area (Å²) in [5.41, 5.74) is 0. The maximum Gasteiger partial charge on any atom is 0.163 e. The van der Waals surface area contributed by atoms with Gasteiger partial charge in [0.2, 0.25) is 0 Å². The normalized spacial score (nSPS) is 24.0. The molecule has 1 aliphatic rings. The number of fused-ring (bicyclic) bond motifs is 1. The van der Waals surface area contributed by atoms with E-state index < -0.39 is 12.3 Å². The average Bonchev–Trinajstić information content (AvgIpc) is 2.52. The van der Waals surface area contributed by atoms with Crippen molar-refractivity contribution in [3.63, 3.8) is 0 Å². The fraction of sp³-hybridized carbons (Fsp3) is 0.455. The zero-order chi connectivity index (χ0) is 12.1. The molecule has 0 radical (unpaired) electrons. The van der Waals surface area contributed by atoms with Crippen molar-refractivity contribution < 1.29 is 14.4 Å². The standard InChI is InChI=1S/C11H14BrO3P/c1-11(2,3)16(14)6-15-9-7(12)4-5-8(13)10(9)16/h4-5,13H,6H2,1-3H3. The highest BCUT2D eigenvalue weighted by Gasteiger charge is 2.47. The molecule has 0 aromatic heterocycles. The zero-order valence-corrected chi connectivity index (χ0v) is 11.9. The van der Waals surface area contributed by atoms with Crippen molar-refractivity contribution in [2.45, 2.75) is 25.9 Å². The average molecular weight is 305 g/mol. The number of halogens is 1. The van der Waals surface area contributed by atoms with Crippen LogP contribution in [0.3, 0.4) is 0 Å². The van der Waals surface area contributed by atoms with Gasteiger partial charge < -0.3 is 14.4 Å². The summed E-state index contributed by atoms with van der Waals surface area (Å²) in [6.45, 7) is 5.73. The van der Waals surface area contributed by atoms with E-state index in [1.54, 1.807) is 12.1 Å². The number of benzene rings is 1. The van der Waals surface area contributed by atoms with Gasteiger partial charge in [-0.1, -0.05) is 20.8 Å². The molecular weight excluding hydrogens is 291 g/mol. The van der Waals surface area contributed by atoms with E-state index in [9.17, 15) is 9.67 Å². The lowest BCUT2D eigenvalue weighted by atomic mass is 10.3. The summed E-state index contributed by atoms with van der Waals surface area (Å²) in [5.74, 6) is 0.590. The van der Waals surface area contributed by atoms with Gasteiger partial charge in [-0.15, -0.1) is 0 Å². The van der Waals surface area contributed by atoms with Gasteiger partial charge in [0.25, 0.3) is 0 Å². The summed E-state index contributed by atoms with van der Waals surface area (Å²) >= 11 is 3.34. The van der Waals surface area contributed by atoms with Crippen molar-refractivity contribution in [3.8, 4) is 11.5 Å². The first-order valence-corrected chi connectivity index (χ1v) is 7.70. The van der Waals surface area contributed by atoms with Crippen LogP contribution in [0.4, 0.5) is 0 Å². The molecule has 1 N–H and O–H groups in total. The van der Waals surface area contributed by atoms with Gasteiger partial charge in [-0.2, -0.15) is 0 Å². The van der Waals surface area contributed by atoms with E-state index in [2.05, 4.69) is 15.9 Å². The van der Waals surface area contributed by atoms with Crippen LogP contribution in [0.15, 0.2) is 16.6 Å². The van der Waals surface area contributed by atoms with Crippen LogP contribution in [0, 0.1) is 0 Å². The van der Waals surface area contributed by atoms with Crippen molar-refractivity contribution in [1.29, 1.82) is 0 Å². The van der Waals surface area contributed by atoms with E-state index in [0.29, 0.717) is 11.1 Å². The smallest absolute Gasteiger partial charge is 0.163 e. The number of phenolic OH excluding ortho intramolecular Hbond substituents is 1. The van der Waals surface area contributed by atoms with Gasteiger partial charge in [0, 0.05) is 5.16 Å². The maximum atomic E-state index is 12.9. The van der Waals surface area contributed by atoms with Crippen LogP contribution < -0.4 is 10.0 Å². The van der Waals surface area contributed by atoms with E-state index in [1.165, 1.54) is 0 Å². The second-order valence-electron chi connectivity index (χ2n) is 4.93. The van der Waals surface area contributed by atoms with Crippen LogP contribution in [-0.4, -0.2) is 16.6 Å². The molecule has 0 fully saturated rings. The first-order chi connectivity index (χ1) is 7.27. The van der Waals surface area contributed by atoms with Crippen molar-refractivity contribution in [2.24, 2.45) is 0 Å². The van der Waals surface area contributed by atoms with Crippen LogP contribution in [0.2, 0.25) is 0 Å². The van der Waals surface area contributed by atoms with Gasteiger partial charge in [0.15, 0.2) is 7.14 Å². The second-order valence-corrected chi connectivity index (χ2v) is 9.31. The zero-order valence-electron chi connectivity index (χ0n) is 9.45. The lowest BCUT2D eigenvalue weighted by Gasteiger charge is -2.26. The van der Waals surface area contributed by atoms with Crippen molar-refractivity contribution in [2.75, 3.05) is 6.35 Å². The Bertz CT molecular complexity index is 491. The van der Waals surface area contributed by atoms with E-state index >= 15 is 0 Å². The molecule has 0 amide bonds. The monoisotopic (exact) mass is 304 g/mol. The largest absolute Gasteiger partial charge is 0.507 e. The molecular formula is C11H14BrO3P. The van der Waals surface area contributed by atoms with E-state index in [1.807, 2.05) is 20.8 Å². The first kappa shape index (κ1) is 12.0. The van der Waals surface area contributed by atoms with Gasteiger partial charge >= 0.3 is 0 Å². The summed E-state index contributed by atoms with van der Waals surface area (Å²) < 4.78 is 19.1. The quantitative estimate of drug-likeness (QED) is 0.748. The fourth-order valence-electron chi connectivity index (χ4n) is 1.77. The molecule has 1 heterocycles. The summed E-state index contributed by atoms with van der Waals surface area (Å²) in [5, 5.41) is 9.96. The Morgan fingerprint density at radius 3 is 2.62 bits per heavy atom. The molecule has 0 saturated carbocycles. The fourth-order valence-corrected chi connectivity index (χ4v) is 4.83. The molecule has 2 rings (SSSR count). The predicted molar refractivity (Wildman–Crippen MR) is 68.3 cm³/mol. The molecule has 5 heteroatoms. The third-order valence-electron chi connectivity index (χ3n) is 2.90. The van der Waals surface area contributed by atoms with Crippen LogP contribution in [0.25, 0.3) is 0 Å². The van der Waals surface area contributed by atoms with Gasteiger partial charge in [0.05, 0.1) is 4.47 Å². The predicted octanol–water partition coefficient (Wildman–Crippen LogP) is 3.29. The minimum atomic E-state index is -2.71. The molecule has 1 atom stereocenters. The summed E-state index contributed by atoms with van der Waals surface area (Å²) in [6.07, 6.45) is 0.169. The Labute approximate surface area is 103 Å². The van der Waals surface area contributed by atoms with Crippen LogP contribution in [0.1, 0.15) is 20.8 Å². The third kappa shape index (κ3) is 1.51. The topological polar surface area (TPSA) is 46.5 Å². The maximum absolute atomic E-state index is 12.9. The number of rotatable bonds is 0. The third-order valence-corrected chi connectivity index (χ3v) is 7.34. The number of ether oxygens (including phenoxy) is 1. The lowest BCUT2D eigenvalue weighted by Crippen LogP contribution is -2.22. The highest BCUT2D eigenvalue weighted by atomic mass is 79.9. The molecule has 0 bridgehead atoms. The molecule has 16 heavy (non-hydrogen) atoms. The number of hydrogen-bond acceptors (Lipinski definition) is 3. The van der Waals surface area contributed by atoms with E-state index in [4.69, 9.17) is 4.74 Å². The SMILES string of the molecule is CC(C)(C)P1(=O)COc2c(Br)ccc(O)c21. The van der Waals surface area contributed by atoms with Gasteiger partial charge in [-0.05, 0) is 28.1 Å². The summed E-state index contributed by atoms with van der Waals surface area (Å²) in [4.78, 5) is 0. The Balaban J connectivity index is 2.73. The Kier molecular flexibility index (Phi) is 2.63. The summed E-state index contributed by atoms with van der Waals surface area (Å²) in [6, 6.07) is 3.25. The second kappa shape index (κ2) is 3.51. The first-order valence-electron chi connectivity index (χ1n) is 5.01. The number of hydrogen-bond donors (Lipinski definition) is 1. The van der Waals surface area contributed by atoms with Crippen molar-refractivity contribution >= 4 is 28.4 Å². The minimum absolute atomic E-state index is 0.0639. The Morgan fingerprint density at radius 2 is 2.06 bits per heavy atom. The molecule has 0 spiro atoms. The lowest BCUT2D eigenvalue weighted by molar-refractivity contribution is 0.386. The summed E-state index contributed by atoms with van der Waals surface area (Å²) in [7, 11) is -2.71. The number of phenols is 1. The van der Waals surface area contributed by atoms with Crippen molar-refractivity contribution in [1.82, 2.24) is 0 Å². The molecule has 1 aromatic rings. The molecule has 0 aliphatic carbocycles. The minimum Gasteiger partial charge on any atom is -0.507 e. The van der Waals surface area contributed by atoms with E-state index in [0.717, 1.165) is 4.47 Å². The molecule has 1 unspecified atom stereocenters. The highest BCUT2D eigenvalue weighted by molar-refractivity contribution is 9.10. The highest BCUT2D eigenvalue weighted by Crippen LogP contribution is 2.63.